The molecular formula is C12H19NO4S3. The summed E-state index contributed by atoms with van der Waals surface area (Å²) in [5.74, 6) is 0.0312. The Morgan fingerprint density at radius 1 is 1.35 bits per heavy atom. The zero-order valence-corrected chi connectivity index (χ0v) is 13.7. The van der Waals surface area contributed by atoms with E-state index in [2.05, 4.69) is 11.0 Å². The molecule has 0 saturated heterocycles. The normalized spacial score (nSPS) is 11.7. The standard InChI is InChI=1S/C12H19NO4S3/c1-18-7-5-3-2-4-6-13-20(16,17)10-8-11(12(14)15)19-9-10/h8-9,13H,2-7H2,1H3,(H,14,15). The molecule has 20 heavy (non-hydrogen) atoms. The van der Waals surface area contributed by atoms with E-state index in [1.807, 2.05) is 11.8 Å². The summed E-state index contributed by atoms with van der Waals surface area (Å²) in [5.41, 5.74) is 0. The number of rotatable bonds is 10. The van der Waals surface area contributed by atoms with E-state index in [4.69, 9.17) is 5.11 Å². The third-order valence-electron chi connectivity index (χ3n) is 2.66. The second kappa shape index (κ2) is 8.66. The highest BCUT2D eigenvalue weighted by molar-refractivity contribution is 7.98. The predicted molar refractivity (Wildman–Crippen MR) is 83.3 cm³/mol. The van der Waals surface area contributed by atoms with Crippen LogP contribution < -0.4 is 4.72 Å². The first-order chi connectivity index (χ1) is 9.47. The largest absolute Gasteiger partial charge is 0.477 e. The summed E-state index contributed by atoms with van der Waals surface area (Å²) in [4.78, 5) is 10.8. The third kappa shape index (κ3) is 5.82. The number of sulfonamides is 1. The van der Waals surface area contributed by atoms with E-state index in [0.717, 1.165) is 42.8 Å². The van der Waals surface area contributed by atoms with Crippen LogP contribution in [0.25, 0.3) is 0 Å². The van der Waals surface area contributed by atoms with E-state index in [0.29, 0.717) is 6.54 Å². The van der Waals surface area contributed by atoms with Crippen LogP contribution in [-0.4, -0.2) is 38.0 Å². The zero-order chi connectivity index (χ0) is 15.0. The monoisotopic (exact) mass is 337 g/mol. The van der Waals surface area contributed by atoms with Gasteiger partial charge in [0.05, 0.1) is 4.90 Å². The summed E-state index contributed by atoms with van der Waals surface area (Å²) in [5, 5.41) is 10.1. The van der Waals surface area contributed by atoms with Crippen molar-refractivity contribution in [3.05, 3.63) is 16.3 Å². The molecule has 0 spiro atoms. The van der Waals surface area contributed by atoms with Gasteiger partial charge in [-0.3, -0.25) is 0 Å². The number of hydrogen-bond donors (Lipinski definition) is 2. The maximum Gasteiger partial charge on any atom is 0.345 e. The predicted octanol–water partition coefficient (Wildman–Crippen LogP) is 2.65. The first kappa shape index (κ1) is 17.5. The Kier molecular flexibility index (Phi) is 7.57. The Labute approximate surface area is 127 Å². The number of aromatic carboxylic acids is 1. The molecule has 114 valence electrons. The number of nitrogens with one attached hydrogen (secondary N) is 1. The highest BCUT2D eigenvalue weighted by Gasteiger charge is 2.17. The molecule has 0 radical (unpaired) electrons. The van der Waals surface area contributed by atoms with E-state index in [1.165, 1.54) is 11.4 Å². The van der Waals surface area contributed by atoms with E-state index in [1.54, 1.807) is 0 Å². The van der Waals surface area contributed by atoms with E-state index < -0.39 is 16.0 Å². The Bertz CT molecular complexity index is 525. The minimum atomic E-state index is -3.58. The molecule has 0 aliphatic heterocycles. The molecule has 0 amide bonds. The highest BCUT2D eigenvalue weighted by Crippen LogP contribution is 2.19. The van der Waals surface area contributed by atoms with Crippen molar-refractivity contribution in [1.82, 2.24) is 4.72 Å². The summed E-state index contributed by atoms with van der Waals surface area (Å²) in [6.45, 7) is 0.389. The number of thiophene rings is 1. The van der Waals surface area contributed by atoms with Gasteiger partial charge in [0.25, 0.3) is 0 Å². The summed E-state index contributed by atoms with van der Waals surface area (Å²) >= 11 is 2.73. The van der Waals surface area contributed by atoms with Gasteiger partial charge in [-0.05, 0) is 30.9 Å². The quantitative estimate of drug-likeness (QED) is 0.641. The molecule has 0 aliphatic rings. The molecule has 1 aromatic rings. The van der Waals surface area contributed by atoms with Crippen LogP contribution in [0.3, 0.4) is 0 Å². The number of carboxylic acid groups (broad SMARTS) is 1. The van der Waals surface area contributed by atoms with Gasteiger partial charge in [-0.1, -0.05) is 12.8 Å². The molecule has 2 N–H and O–H groups in total. The average molecular weight is 337 g/mol. The summed E-state index contributed by atoms with van der Waals surface area (Å²) in [6.07, 6.45) is 6.11. The van der Waals surface area contributed by atoms with Gasteiger partial charge in [0.2, 0.25) is 10.0 Å². The van der Waals surface area contributed by atoms with E-state index >= 15 is 0 Å². The first-order valence-corrected chi connectivity index (χ1v) is 10.0. The number of carboxylic acids is 1. The average Bonchev–Trinajstić information content (AvgIpc) is 2.88. The van der Waals surface area contributed by atoms with Gasteiger partial charge >= 0.3 is 5.97 Å². The smallest absolute Gasteiger partial charge is 0.345 e. The SMILES string of the molecule is CSCCCCCCNS(=O)(=O)c1csc(C(=O)O)c1. The molecule has 1 aromatic heterocycles. The lowest BCUT2D eigenvalue weighted by Gasteiger charge is -2.04. The molecule has 8 heteroatoms. The van der Waals surface area contributed by atoms with Crippen molar-refractivity contribution in [2.45, 2.75) is 30.6 Å². The molecule has 1 rings (SSSR count). The second-order valence-electron chi connectivity index (χ2n) is 4.26. The van der Waals surface area contributed by atoms with Crippen molar-refractivity contribution in [3.63, 3.8) is 0 Å². The Morgan fingerprint density at radius 2 is 2.05 bits per heavy atom. The number of carbonyl (C=O) groups is 1. The Balaban J connectivity index is 2.36. The fraction of sp³-hybridized carbons (Fsp3) is 0.583. The van der Waals surface area contributed by atoms with Crippen LogP contribution in [0.4, 0.5) is 0 Å². The van der Waals surface area contributed by atoms with Crippen molar-refractivity contribution >= 4 is 39.1 Å². The molecule has 0 saturated carbocycles. The van der Waals surface area contributed by atoms with Gasteiger partial charge in [-0.25, -0.2) is 17.9 Å². The van der Waals surface area contributed by atoms with Crippen LogP contribution in [-0.2, 0) is 10.0 Å². The minimum absolute atomic E-state index is 0.0299. The molecular weight excluding hydrogens is 318 g/mol. The minimum Gasteiger partial charge on any atom is -0.477 e. The first-order valence-electron chi connectivity index (χ1n) is 6.28. The Morgan fingerprint density at radius 3 is 2.65 bits per heavy atom. The lowest BCUT2D eigenvalue weighted by molar-refractivity contribution is 0.0702. The van der Waals surface area contributed by atoms with Gasteiger partial charge in [-0.2, -0.15) is 11.8 Å². The third-order valence-corrected chi connectivity index (χ3v) is 5.87. The zero-order valence-electron chi connectivity index (χ0n) is 11.3. The molecule has 5 nitrogen and oxygen atoms in total. The van der Waals surface area contributed by atoms with Gasteiger partial charge in [-0.15, -0.1) is 11.3 Å². The molecule has 0 atom stereocenters. The number of thioether (sulfide) groups is 1. The molecule has 0 aliphatic carbocycles. The number of unbranched alkanes of at least 4 members (excludes halogenated alkanes) is 3. The summed E-state index contributed by atoms with van der Waals surface area (Å²) in [6, 6.07) is 1.19. The topological polar surface area (TPSA) is 83.5 Å². The molecule has 0 bridgehead atoms. The Hall–Kier alpha value is -0.570. The van der Waals surface area contributed by atoms with Crippen molar-refractivity contribution in [1.29, 1.82) is 0 Å². The van der Waals surface area contributed by atoms with Crippen LogP contribution in [0, 0.1) is 0 Å². The second-order valence-corrected chi connectivity index (χ2v) is 7.92. The fourth-order valence-corrected chi connectivity index (χ4v) is 4.26. The van der Waals surface area contributed by atoms with Gasteiger partial charge in [0, 0.05) is 11.9 Å². The van der Waals surface area contributed by atoms with Crippen molar-refractivity contribution in [3.8, 4) is 0 Å². The van der Waals surface area contributed by atoms with Gasteiger partial charge in [0.1, 0.15) is 4.88 Å². The number of hydrogen-bond acceptors (Lipinski definition) is 5. The summed E-state index contributed by atoms with van der Waals surface area (Å²) < 4.78 is 26.3. The van der Waals surface area contributed by atoms with Crippen LogP contribution in [0.5, 0.6) is 0 Å². The van der Waals surface area contributed by atoms with E-state index in [9.17, 15) is 13.2 Å². The van der Waals surface area contributed by atoms with Crippen molar-refractivity contribution in [2.75, 3.05) is 18.6 Å². The maximum absolute atomic E-state index is 11.9. The van der Waals surface area contributed by atoms with Gasteiger partial charge < -0.3 is 5.11 Å². The molecule has 1 heterocycles. The fourth-order valence-electron chi connectivity index (χ4n) is 1.59. The molecule has 0 aromatic carbocycles. The van der Waals surface area contributed by atoms with E-state index in [-0.39, 0.29) is 9.77 Å². The lowest BCUT2D eigenvalue weighted by atomic mass is 10.2. The summed E-state index contributed by atoms with van der Waals surface area (Å²) in [7, 11) is -3.58. The maximum atomic E-state index is 11.9. The van der Waals surface area contributed by atoms with Gasteiger partial charge in [0.15, 0.2) is 0 Å². The molecule has 0 fully saturated rings. The molecule has 0 unspecified atom stereocenters. The van der Waals surface area contributed by atoms with Crippen LogP contribution in [0.15, 0.2) is 16.3 Å². The van der Waals surface area contributed by atoms with Crippen molar-refractivity contribution < 1.29 is 18.3 Å². The van der Waals surface area contributed by atoms with Crippen LogP contribution >= 0.6 is 23.1 Å². The highest BCUT2D eigenvalue weighted by atomic mass is 32.2. The lowest BCUT2D eigenvalue weighted by Crippen LogP contribution is -2.24. The van der Waals surface area contributed by atoms with Crippen molar-refractivity contribution in [2.24, 2.45) is 0 Å². The van der Waals surface area contributed by atoms with Crippen LogP contribution in [0.1, 0.15) is 35.4 Å². The van der Waals surface area contributed by atoms with Crippen LogP contribution in [0.2, 0.25) is 0 Å².